The van der Waals surface area contributed by atoms with Gasteiger partial charge in [0.2, 0.25) is 0 Å². The molecule has 6 rings (SSSR count). The topological polar surface area (TPSA) is 90.5 Å². The predicted octanol–water partition coefficient (Wildman–Crippen LogP) is 5.68. The van der Waals surface area contributed by atoms with Gasteiger partial charge in [-0.2, -0.15) is 5.10 Å². The van der Waals surface area contributed by atoms with Crippen molar-refractivity contribution in [3.63, 3.8) is 0 Å². The Morgan fingerprint density at radius 1 is 0.812 bits per heavy atom. The average Bonchev–Trinajstić information content (AvgIpc) is 3.42. The third-order valence-electron chi connectivity index (χ3n) is 5.54. The largest absolute Gasteiger partial charge is 0.506 e. The highest BCUT2D eigenvalue weighted by molar-refractivity contribution is 6.01. The molecule has 4 aromatic heterocycles. The lowest BCUT2D eigenvalue weighted by Gasteiger charge is -2.03. The Morgan fingerprint density at radius 2 is 1.69 bits per heavy atom. The van der Waals surface area contributed by atoms with Crippen molar-refractivity contribution in [1.29, 1.82) is 0 Å². The fraction of sp³-hybridized carbons (Fsp3) is 0. The molecule has 6 nitrogen and oxygen atoms in total. The van der Waals surface area contributed by atoms with E-state index in [1.54, 1.807) is 24.5 Å². The molecule has 0 saturated carbocycles. The van der Waals surface area contributed by atoms with Gasteiger partial charge in [-0.15, -0.1) is 0 Å². The molecule has 7 heteroatoms. The molecule has 0 aliphatic rings. The molecule has 0 radical (unpaired) electrons. The van der Waals surface area contributed by atoms with Crippen LogP contribution in [0.2, 0.25) is 0 Å². The minimum absolute atomic E-state index is 0.0931. The molecule has 0 bridgehead atoms. The van der Waals surface area contributed by atoms with Crippen LogP contribution in [0.4, 0.5) is 4.39 Å². The summed E-state index contributed by atoms with van der Waals surface area (Å²) in [6, 6.07) is 18.1. The van der Waals surface area contributed by atoms with Crippen molar-refractivity contribution in [2.45, 2.75) is 0 Å². The SMILES string of the molecule is Oc1cncc(-c2cnc3n[nH]c(-c4cc5c(-c6cccc(F)c6)cccc5[nH]4)c3c2)c1. The maximum atomic E-state index is 13.8. The highest BCUT2D eigenvalue weighted by atomic mass is 19.1. The first-order valence-electron chi connectivity index (χ1n) is 10.0. The summed E-state index contributed by atoms with van der Waals surface area (Å²) in [5.74, 6) is -0.176. The van der Waals surface area contributed by atoms with Crippen LogP contribution in [0, 0.1) is 5.82 Å². The van der Waals surface area contributed by atoms with Gasteiger partial charge in [0.25, 0.3) is 0 Å². The Balaban J connectivity index is 1.51. The van der Waals surface area contributed by atoms with Gasteiger partial charge in [-0.25, -0.2) is 9.37 Å². The van der Waals surface area contributed by atoms with E-state index in [0.717, 1.165) is 49.9 Å². The Bertz CT molecular complexity index is 1620. The quantitative estimate of drug-likeness (QED) is 0.343. The fourth-order valence-corrected chi connectivity index (χ4v) is 4.05. The molecule has 4 heterocycles. The van der Waals surface area contributed by atoms with Crippen molar-refractivity contribution in [3.8, 4) is 39.4 Å². The van der Waals surface area contributed by atoms with Gasteiger partial charge in [-0.05, 0) is 47.5 Å². The van der Waals surface area contributed by atoms with Gasteiger partial charge in [0.05, 0.1) is 17.6 Å². The maximum absolute atomic E-state index is 13.8. The summed E-state index contributed by atoms with van der Waals surface area (Å²) in [4.78, 5) is 11.9. The highest BCUT2D eigenvalue weighted by Crippen LogP contribution is 2.35. The lowest BCUT2D eigenvalue weighted by molar-refractivity contribution is 0.473. The van der Waals surface area contributed by atoms with E-state index in [4.69, 9.17) is 0 Å². The van der Waals surface area contributed by atoms with Crippen LogP contribution in [0.1, 0.15) is 0 Å². The second-order valence-corrected chi connectivity index (χ2v) is 7.59. The summed E-state index contributed by atoms with van der Waals surface area (Å²) in [5, 5.41) is 19.0. The molecular weight excluding hydrogens is 405 g/mol. The normalized spacial score (nSPS) is 11.4. The van der Waals surface area contributed by atoms with Crippen LogP contribution in [-0.2, 0) is 0 Å². The van der Waals surface area contributed by atoms with E-state index in [9.17, 15) is 9.50 Å². The van der Waals surface area contributed by atoms with Crippen molar-refractivity contribution in [1.82, 2.24) is 25.1 Å². The fourth-order valence-electron chi connectivity index (χ4n) is 4.05. The molecule has 3 N–H and O–H groups in total. The number of aromatic amines is 2. The number of H-pyrrole nitrogens is 2. The van der Waals surface area contributed by atoms with Crippen LogP contribution >= 0.6 is 0 Å². The number of halogens is 1. The van der Waals surface area contributed by atoms with Crippen LogP contribution in [0.5, 0.6) is 5.75 Å². The summed E-state index contributed by atoms with van der Waals surface area (Å²) in [6.07, 6.45) is 4.77. The Hall–Kier alpha value is -4.52. The first-order valence-corrected chi connectivity index (χ1v) is 10.0. The van der Waals surface area contributed by atoms with Gasteiger partial charge in [0.1, 0.15) is 11.6 Å². The number of hydrogen-bond acceptors (Lipinski definition) is 4. The van der Waals surface area contributed by atoms with Crippen molar-refractivity contribution >= 4 is 21.9 Å². The molecule has 0 unspecified atom stereocenters. The minimum atomic E-state index is -0.269. The monoisotopic (exact) mass is 421 g/mol. The lowest BCUT2D eigenvalue weighted by Crippen LogP contribution is -1.84. The van der Waals surface area contributed by atoms with Crippen LogP contribution in [-0.4, -0.2) is 30.3 Å². The van der Waals surface area contributed by atoms with Gasteiger partial charge in [0.15, 0.2) is 5.65 Å². The molecule has 0 aliphatic carbocycles. The maximum Gasteiger partial charge on any atom is 0.181 e. The minimum Gasteiger partial charge on any atom is -0.506 e. The van der Waals surface area contributed by atoms with Gasteiger partial charge >= 0.3 is 0 Å². The van der Waals surface area contributed by atoms with Gasteiger partial charge in [-0.3, -0.25) is 10.1 Å². The predicted molar refractivity (Wildman–Crippen MR) is 121 cm³/mol. The number of aromatic hydroxyl groups is 1. The molecular formula is C25H16FN5O. The summed E-state index contributed by atoms with van der Waals surface area (Å²) >= 11 is 0. The van der Waals surface area contributed by atoms with E-state index >= 15 is 0 Å². The number of rotatable bonds is 3. The molecule has 0 fully saturated rings. The first kappa shape index (κ1) is 18.3. The summed E-state index contributed by atoms with van der Waals surface area (Å²) in [5.41, 5.74) is 6.50. The summed E-state index contributed by atoms with van der Waals surface area (Å²) in [6.45, 7) is 0. The average molecular weight is 421 g/mol. The van der Waals surface area contributed by atoms with E-state index in [-0.39, 0.29) is 11.6 Å². The van der Waals surface area contributed by atoms with Crippen molar-refractivity contribution in [2.24, 2.45) is 0 Å². The molecule has 0 amide bonds. The standard InChI is InChI=1S/C25H16FN5O/c26-17-4-1-3-14(7-17)19-5-2-6-22-20(19)10-23(29-22)24-21-9-16(12-28-25(21)31-30-24)15-8-18(32)13-27-11-15/h1-13,29,32H,(H,28,30,31). The second-order valence-electron chi connectivity index (χ2n) is 7.59. The van der Waals surface area contributed by atoms with Crippen LogP contribution in [0.25, 0.3) is 55.6 Å². The number of nitrogens with zero attached hydrogens (tertiary/aromatic N) is 3. The van der Waals surface area contributed by atoms with E-state index < -0.39 is 0 Å². The van der Waals surface area contributed by atoms with E-state index in [0.29, 0.717) is 5.65 Å². The molecule has 32 heavy (non-hydrogen) atoms. The second kappa shape index (κ2) is 7.02. The number of pyridine rings is 2. The van der Waals surface area contributed by atoms with E-state index in [1.807, 2.05) is 36.4 Å². The number of hydrogen-bond donors (Lipinski definition) is 3. The smallest absolute Gasteiger partial charge is 0.181 e. The number of fused-ring (bicyclic) bond motifs is 2. The van der Waals surface area contributed by atoms with Gasteiger partial charge in [0, 0.05) is 39.8 Å². The van der Waals surface area contributed by atoms with Crippen LogP contribution in [0.3, 0.4) is 0 Å². The van der Waals surface area contributed by atoms with Crippen LogP contribution in [0.15, 0.2) is 79.3 Å². The molecule has 2 aromatic carbocycles. The molecule has 154 valence electrons. The zero-order valence-electron chi connectivity index (χ0n) is 16.7. The Kier molecular flexibility index (Phi) is 4.01. The highest BCUT2D eigenvalue weighted by Gasteiger charge is 2.15. The van der Waals surface area contributed by atoms with E-state index in [1.165, 1.54) is 18.3 Å². The number of aromatic nitrogens is 5. The third-order valence-corrected chi connectivity index (χ3v) is 5.54. The molecule has 6 aromatic rings. The van der Waals surface area contributed by atoms with Crippen molar-refractivity contribution < 1.29 is 9.50 Å². The Morgan fingerprint density at radius 3 is 2.56 bits per heavy atom. The number of benzene rings is 2. The number of nitrogens with one attached hydrogen (secondary N) is 2. The third kappa shape index (κ3) is 2.99. The van der Waals surface area contributed by atoms with Gasteiger partial charge in [-0.1, -0.05) is 24.3 Å². The van der Waals surface area contributed by atoms with Crippen molar-refractivity contribution in [3.05, 3.63) is 85.1 Å². The zero-order valence-corrected chi connectivity index (χ0v) is 16.7. The molecule has 0 aliphatic heterocycles. The zero-order chi connectivity index (χ0) is 21.7. The summed E-state index contributed by atoms with van der Waals surface area (Å²) < 4.78 is 13.8. The van der Waals surface area contributed by atoms with E-state index in [2.05, 4.69) is 25.1 Å². The van der Waals surface area contributed by atoms with Crippen molar-refractivity contribution in [2.75, 3.05) is 0 Å². The molecule has 0 atom stereocenters. The Labute approximate surface area is 181 Å². The van der Waals surface area contributed by atoms with Crippen LogP contribution < -0.4 is 0 Å². The summed E-state index contributed by atoms with van der Waals surface area (Å²) in [7, 11) is 0. The molecule has 0 saturated heterocycles. The lowest BCUT2D eigenvalue weighted by atomic mass is 10.0. The first-order chi connectivity index (χ1) is 15.7. The van der Waals surface area contributed by atoms with Gasteiger partial charge < -0.3 is 10.1 Å². The molecule has 0 spiro atoms.